The monoisotopic (exact) mass is 501 g/mol. The van der Waals surface area contributed by atoms with Gasteiger partial charge in [0.05, 0.1) is 0 Å². The van der Waals surface area contributed by atoms with Crippen LogP contribution in [0.4, 0.5) is 4.79 Å². The van der Waals surface area contributed by atoms with Gasteiger partial charge in [-0.2, -0.15) is 0 Å². The SMILES string of the molecule is C[C@H]1CC[C@@H](O[Si](c2ccccc2)(c2ccccc2)C(C)(C)C)C[C@@H]1NC(=O)OCc1ccccc1. The van der Waals surface area contributed by atoms with Crippen LogP contribution < -0.4 is 15.7 Å². The van der Waals surface area contributed by atoms with Crippen molar-refractivity contribution < 1.29 is 14.0 Å². The third kappa shape index (κ3) is 5.90. The Kier molecular flexibility index (Phi) is 8.32. The van der Waals surface area contributed by atoms with E-state index in [-0.39, 0.29) is 29.9 Å². The van der Waals surface area contributed by atoms with Crippen molar-refractivity contribution in [2.45, 2.75) is 70.7 Å². The van der Waals surface area contributed by atoms with Gasteiger partial charge in [0.2, 0.25) is 0 Å². The average molecular weight is 502 g/mol. The molecule has 1 fully saturated rings. The Morgan fingerprint density at radius 1 is 0.861 bits per heavy atom. The molecule has 0 unspecified atom stereocenters. The number of nitrogens with one attached hydrogen (secondary N) is 1. The lowest BCUT2D eigenvalue weighted by molar-refractivity contribution is 0.0885. The molecule has 4 rings (SSSR count). The summed E-state index contributed by atoms with van der Waals surface area (Å²) >= 11 is 0. The zero-order valence-electron chi connectivity index (χ0n) is 21.9. The van der Waals surface area contributed by atoms with E-state index in [1.165, 1.54) is 10.4 Å². The fourth-order valence-electron chi connectivity index (χ4n) is 5.45. The molecule has 4 nitrogen and oxygen atoms in total. The Morgan fingerprint density at radius 2 is 1.39 bits per heavy atom. The second-order valence-corrected chi connectivity index (χ2v) is 15.3. The van der Waals surface area contributed by atoms with Crippen molar-refractivity contribution >= 4 is 24.8 Å². The van der Waals surface area contributed by atoms with E-state index >= 15 is 0 Å². The Bertz CT molecular complexity index is 1060. The average Bonchev–Trinajstić information content (AvgIpc) is 2.89. The summed E-state index contributed by atoms with van der Waals surface area (Å²) in [6.07, 6.45) is 2.48. The Morgan fingerprint density at radius 3 is 1.92 bits per heavy atom. The molecular weight excluding hydrogens is 462 g/mol. The van der Waals surface area contributed by atoms with Gasteiger partial charge in [0.1, 0.15) is 6.61 Å². The quantitative estimate of drug-likeness (QED) is 0.401. The van der Waals surface area contributed by atoms with Gasteiger partial charge in [0.25, 0.3) is 8.32 Å². The fraction of sp³-hybridized carbons (Fsp3) is 0.387. The van der Waals surface area contributed by atoms with E-state index in [9.17, 15) is 4.79 Å². The topological polar surface area (TPSA) is 47.6 Å². The molecule has 3 aromatic carbocycles. The normalized spacial score (nSPS) is 20.5. The van der Waals surface area contributed by atoms with E-state index in [0.29, 0.717) is 5.92 Å². The molecule has 1 saturated carbocycles. The molecule has 3 aromatic rings. The first-order valence-electron chi connectivity index (χ1n) is 13.1. The van der Waals surface area contributed by atoms with Crippen molar-refractivity contribution in [3.8, 4) is 0 Å². The minimum absolute atomic E-state index is 0.0187. The van der Waals surface area contributed by atoms with E-state index < -0.39 is 8.32 Å². The first-order valence-corrected chi connectivity index (χ1v) is 15.0. The number of ether oxygens (including phenoxy) is 1. The lowest BCUT2D eigenvalue weighted by Crippen LogP contribution is -2.68. The number of benzene rings is 3. The molecule has 1 aliphatic carbocycles. The van der Waals surface area contributed by atoms with Crippen LogP contribution in [-0.4, -0.2) is 26.6 Å². The van der Waals surface area contributed by atoms with E-state index in [1.54, 1.807) is 0 Å². The molecule has 0 spiro atoms. The van der Waals surface area contributed by atoms with Crippen molar-refractivity contribution in [2.24, 2.45) is 5.92 Å². The molecule has 1 amide bonds. The van der Waals surface area contributed by atoms with Crippen molar-refractivity contribution in [1.82, 2.24) is 5.32 Å². The second kappa shape index (κ2) is 11.4. The number of rotatable bonds is 7. The maximum absolute atomic E-state index is 12.7. The zero-order chi connectivity index (χ0) is 25.6. The van der Waals surface area contributed by atoms with Gasteiger partial charge in [0, 0.05) is 12.1 Å². The number of hydrogen-bond donors (Lipinski definition) is 1. The molecule has 0 saturated heterocycles. The van der Waals surface area contributed by atoms with Crippen LogP contribution in [-0.2, 0) is 15.8 Å². The lowest BCUT2D eigenvalue weighted by atomic mass is 9.84. The molecular formula is C31H39NO3Si. The molecule has 0 heterocycles. The van der Waals surface area contributed by atoms with E-state index in [0.717, 1.165) is 24.8 Å². The Balaban J connectivity index is 1.54. The molecule has 5 heteroatoms. The smallest absolute Gasteiger partial charge is 0.407 e. The first kappa shape index (κ1) is 26.2. The molecule has 0 radical (unpaired) electrons. The van der Waals surface area contributed by atoms with Crippen LogP contribution in [0.25, 0.3) is 0 Å². The van der Waals surface area contributed by atoms with Crippen LogP contribution in [0.3, 0.4) is 0 Å². The maximum atomic E-state index is 12.7. The van der Waals surface area contributed by atoms with E-state index in [1.807, 2.05) is 30.3 Å². The summed E-state index contributed by atoms with van der Waals surface area (Å²) in [6.45, 7) is 9.40. The first-order chi connectivity index (χ1) is 17.3. The van der Waals surface area contributed by atoms with Gasteiger partial charge in [-0.1, -0.05) is 119 Å². The molecule has 1 N–H and O–H groups in total. The van der Waals surface area contributed by atoms with Crippen molar-refractivity contribution in [2.75, 3.05) is 0 Å². The summed E-state index contributed by atoms with van der Waals surface area (Å²) in [6, 6.07) is 31.3. The molecule has 190 valence electrons. The summed E-state index contributed by atoms with van der Waals surface area (Å²) in [5, 5.41) is 5.65. The molecule has 36 heavy (non-hydrogen) atoms. The highest BCUT2D eigenvalue weighted by Gasteiger charge is 2.52. The predicted molar refractivity (Wildman–Crippen MR) is 149 cm³/mol. The van der Waals surface area contributed by atoms with Crippen molar-refractivity contribution in [1.29, 1.82) is 0 Å². The molecule has 0 aromatic heterocycles. The highest BCUT2D eigenvalue weighted by molar-refractivity contribution is 6.99. The summed E-state index contributed by atoms with van der Waals surface area (Å²) in [7, 11) is -2.63. The third-order valence-corrected chi connectivity index (χ3v) is 12.5. The van der Waals surface area contributed by atoms with Crippen LogP contribution in [0.1, 0.15) is 52.5 Å². The Hall–Kier alpha value is -2.89. The van der Waals surface area contributed by atoms with Crippen LogP contribution in [0.15, 0.2) is 91.0 Å². The van der Waals surface area contributed by atoms with Gasteiger partial charge in [-0.15, -0.1) is 0 Å². The van der Waals surface area contributed by atoms with Gasteiger partial charge in [-0.05, 0) is 46.2 Å². The number of hydrogen-bond acceptors (Lipinski definition) is 3. The lowest BCUT2D eigenvalue weighted by Gasteiger charge is -2.47. The van der Waals surface area contributed by atoms with Gasteiger partial charge >= 0.3 is 6.09 Å². The minimum atomic E-state index is -2.63. The second-order valence-electron chi connectivity index (χ2n) is 11.0. The summed E-state index contributed by atoms with van der Waals surface area (Å²) in [5.74, 6) is 0.369. The summed E-state index contributed by atoms with van der Waals surface area (Å²) in [4.78, 5) is 12.7. The van der Waals surface area contributed by atoms with Gasteiger partial charge < -0.3 is 14.5 Å². The van der Waals surface area contributed by atoms with Gasteiger partial charge in [-0.25, -0.2) is 4.79 Å². The summed E-state index contributed by atoms with van der Waals surface area (Å²) in [5.41, 5.74) is 0.984. The fourth-order valence-corrected chi connectivity index (χ4v) is 10.2. The van der Waals surface area contributed by atoms with Crippen LogP contribution >= 0.6 is 0 Å². The highest BCUT2D eigenvalue weighted by atomic mass is 28.4. The highest BCUT2D eigenvalue weighted by Crippen LogP contribution is 2.39. The van der Waals surface area contributed by atoms with Crippen LogP contribution in [0.5, 0.6) is 0 Å². The molecule has 3 atom stereocenters. The number of carbonyl (C=O) groups is 1. The van der Waals surface area contributed by atoms with Gasteiger partial charge in [0.15, 0.2) is 0 Å². The predicted octanol–water partition coefficient (Wildman–Crippen LogP) is 6.05. The van der Waals surface area contributed by atoms with E-state index in [2.05, 4.69) is 93.7 Å². The minimum Gasteiger partial charge on any atom is -0.445 e. The molecule has 1 aliphatic rings. The van der Waals surface area contributed by atoms with Crippen LogP contribution in [0.2, 0.25) is 5.04 Å². The molecule has 0 aliphatic heterocycles. The maximum Gasteiger partial charge on any atom is 0.407 e. The third-order valence-electron chi connectivity index (χ3n) is 7.42. The zero-order valence-corrected chi connectivity index (χ0v) is 22.9. The number of amides is 1. The van der Waals surface area contributed by atoms with Crippen molar-refractivity contribution in [3.63, 3.8) is 0 Å². The number of carbonyl (C=O) groups excluding carboxylic acids is 1. The standard InChI is InChI=1S/C31H39NO3Si/c1-24-20-21-26(22-29(24)32-30(33)34-23-25-14-8-5-9-15-25)35-36(31(2,3)4,27-16-10-6-11-17-27)28-18-12-7-13-19-28/h5-19,24,26,29H,20-23H2,1-4H3,(H,32,33)/t24-,26+,29-/m0/s1. The van der Waals surface area contributed by atoms with Gasteiger partial charge in [-0.3, -0.25) is 0 Å². The largest absolute Gasteiger partial charge is 0.445 e. The van der Waals surface area contributed by atoms with Crippen molar-refractivity contribution in [3.05, 3.63) is 96.6 Å². The van der Waals surface area contributed by atoms with Crippen LogP contribution in [0, 0.1) is 5.92 Å². The number of alkyl carbamates (subject to hydrolysis) is 1. The van der Waals surface area contributed by atoms with E-state index in [4.69, 9.17) is 9.16 Å². The Labute approximate surface area is 217 Å². The summed E-state index contributed by atoms with van der Waals surface area (Å²) < 4.78 is 12.9. The molecule has 0 bridgehead atoms.